The fraction of sp³-hybridized carbons (Fsp3) is 0.318. The van der Waals surface area contributed by atoms with Crippen LogP contribution >= 0.6 is 0 Å². The Balaban J connectivity index is 1.25. The van der Waals surface area contributed by atoms with Crippen molar-refractivity contribution in [1.29, 1.82) is 0 Å². The molecule has 5 rings (SSSR count). The number of hydrogen-bond acceptors (Lipinski definition) is 7. The van der Waals surface area contributed by atoms with E-state index in [1.165, 1.54) is 12.4 Å². The highest BCUT2D eigenvalue weighted by atomic mass is 32.2. The summed E-state index contributed by atoms with van der Waals surface area (Å²) >= 11 is 0. The Morgan fingerprint density at radius 2 is 1.77 bits per heavy atom. The second kappa shape index (κ2) is 7.58. The van der Waals surface area contributed by atoms with Gasteiger partial charge in [-0.25, -0.2) is 27.9 Å². The van der Waals surface area contributed by atoms with Gasteiger partial charge in [0.25, 0.3) is 0 Å². The average Bonchev–Trinajstić information content (AvgIpc) is 3.20. The summed E-state index contributed by atoms with van der Waals surface area (Å²) in [6, 6.07) is 12.7. The van der Waals surface area contributed by atoms with E-state index in [0.717, 1.165) is 10.8 Å². The van der Waals surface area contributed by atoms with Gasteiger partial charge in [0.2, 0.25) is 16.0 Å². The van der Waals surface area contributed by atoms with Crippen LogP contribution in [0.3, 0.4) is 0 Å². The highest BCUT2D eigenvalue weighted by Crippen LogP contribution is 2.47. The fourth-order valence-electron chi connectivity index (χ4n) is 4.34. The molecular weight excluding hydrogens is 416 g/mol. The molecule has 2 atom stereocenters. The minimum Gasteiger partial charge on any atom is -0.462 e. The van der Waals surface area contributed by atoms with Crippen molar-refractivity contribution in [3.63, 3.8) is 0 Å². The molecule has 9 heteroatoms. The van der Waals surface area contributed by atoms with Crippen molar-refractivity contribution in [2.45, 2.75) is 17.9 Å². The zero-order valence-corrected chi connectivity index (χ0v) is 17.7. The van der Waals surface area contributed by atoms with Gasteiger partial charge in [-0.2, -0.15) is 0 Å². The third kappa shape index (κ3) is 3.64. The number of fused-ring (bicyclic) bond motifs is 2. The molecule has 1 saturated carbocycles. The van der Waals surface area contributed by atoms with Crippen molar-refractivity contribution in [1.82, 2.24) is 14.7 Å². The number of hydrogen-bond donors (Lipinski definition) is 1. The highest BCUT2D eigenvalue weighted by molar-refractivity contribution is 7.89. The molecule has 1 aromatic heterocycles. The van der Waals surface area contributed by atoms with Gasteiger partial charge in [0.15, 0.2) is 0 Å². The van der Waals surface area contributed by atoms with E-state index >= 15 is 0 Å². The Bertz CT molecular complexity index is 1230. The summed E-state index contributed by atoms with van der Waals surface area (Å²) in [6.45, 7) is 3.39. The zero-order valence-electron chi connectivity index (χ0n) is 16.9. The largest absolute Gasteiger partial charge is 0.462 e. The normalized spacial score (nSPS) is 22.4. The predicted molar refractivity (Wildman–Crippen MR) is 115 cm³/mol. The van der Waals surface area contributed by atoms with Gasteiger partial charge in [-0.1, -0.05) is 36.4 Å². The van der Waals surface area contributed by atoms with Crippen molar-refractivity contribution in [3.05, 3.63) is 60.4 Å². The van der Waals surface area contributed by atoms with Crippen molar-refractivity contribution in [3.8, 4) is 0 Å². The number of benzene rings is 2. The number of nitrogens with zero attached hydrogens (tertiary/aromatic N) is 3. The topological polar surface area (TPSA) is 101 Å². The molecule has 3 aromatic rings. The first kappa shape index (κ1) is 19.9. The van der Waals surface area contributed by atoms with Crippen LogP contribution in [0.2, 0.25) is 0 Å². The summed E-state index contributed by atoms with van der Waals surface area (Å²) in [5, 5.41) is 1.62. The van der Waals surface area contributed by atoms with Crippen LogP contribution in [0.4, 0.5) is 5.95 Å². The number of nitrogens with one attached hydrogen (secondary N) is 1. The van der Waals surface area contributed by atoms with Crippen LogP contribution in [-0.2, 0) is 14.8 Å². The zero-order chi connectivity index (χ0) is 21.6. The molecule has 1 saturated heterocycles. The first-order valence-corrected chi connectivity index (χ1v) is 11.7. The van der Waals surface area contributed by atoms with E-state index in [-0.39, 0.29) is 17.9 Å². The number of rotatable bonds is 6. The van der Waals surface area contributed by atoms with Crippen LogP contribution in [0, 0.1) is 11.8 Å². The number of anilines is 1. The smallest absolute Gasteiger partial charge is 0.341 e. The third-order valence-electron chi connectivity index (χ3n) is 5.96. The summed E-state index contributed by atoms with van der Waals surface area (Å²) in [7, 11) is -3.62. The summed E-state index contributed by atoms with van der Waals surface area (Å²) in [6.07, 6.45) is 2.93. The Labute approximate surface area is 180 Å². The van der Waals surface area contributed by atoms with Gasteiger partial charge < -0.3 is 9.64 Å². The molecule has 8 nitrogen and oxygen atoms in total. The molecule has 2 aliphatic rings. The number of sulfonamides is 1. The van der Waals surface area contributed by atoms with Gasteiger partial charge in [0.05, 0.1) is 17.1 Å². The van der Waals surface area contributed by atoms with Crippen LogP contribution in [0.25, 0.3) is 10.8 Å². The second-order valence-corrected chi connectivity index (χ2v) is 9.53. The molecule has 0 amide bonds. The molecule has 160 valence electrons. The lowest BCUT2D eigenvalue weighted by molar-refractivity contribution is 0.0525. The number of aromatic nitrogens is 2. The first-order chi connectivity index (χ1) is 15.0. The van der Waals surface area contributed by atoms with Crippen LogP contribution in [0.5, 0.6) is 0 Å². The predicted octanol–water partition coefficient (Wildman–Crippen LogP) is 2.22. The van der Waals surface area contributed by atoms with E-state index < -0.39 is 16.0 Å². The number of carbonyl (C=O) groups excluding carboxylic acids is 1. The second-order valence-electron chi connectivity index (χ2n) is 7.85. The summed E-state index contributed by atoms with van der Waals surface area (Å²) < 4.78 is 33.9. The summed E-state index contributed by atoms with van der Waals surface area (Å²) in [4.78, 5) is 22.6. The number of carbonyl (C=O) groups is 1. The molecule has 0 spiro atoms. The fourth-order valence-corrected chi connectivity index (χ4v) is 5.91. The molecule has 0 bridgehead atoms. The molecular formula is C22H22N4O4S. The number of esters is 1. The lowest BCUT2D eigenvalue weighted by atomic mass is 10.1. The van der Waals surface area contributed by atoms with Crippen molar-refractivity contribution in [2.24, 2.45) is 11.8 Å². The Kier molecular flexibility index (Phi) is 4.86. The van der Waals surface area contributed by atoms with E-state index in [0.29, 0.717) is 36.1 Å². The quantitative estimate of drug-likeness (QED) is 0.589. The van der Waals surface area contributed by atoms with E-state index in [2.05, 4.69) is 14.7 Å². The lowest BCUT2D eigenvalue weighted by Gasteiger charge is -2.20. The molecule has 1 N–H and O–H groups in total. The third-order valence-corrected chi connectivity index (χ3v) is 7.47. The van der Waals surface area contributed by atoms with Gasteiger partial charge in [-0.15, -0.1) is 0 Å². The van der Waals surface area contributed by atoms with Crippen LogP contribution < -0.4 is 9.62 Å². The van der Waals surface area contributed by atoms with Crippen LogP contribution in [0.1, 0.15) is 17.3 Å². The maximum atomic E-state index is 13.0. The van der Waals surface area contributed by atoms with E-state index in [1.54, 1.807) is 19.1 Å². The molecule has 1 aliphatic carbocycles. The Hall–Kier alpha value is -3.04. The molecule has 1 aliphatic heterocycles. The van der Waals surface area contributed by atoms with Crippen molar-refractivity contribution in [2.75, 3.05) is 24.6 Å². The van der Waals surface area contributed by atoms with Crippen LogP contribution in [-0.4, -0.2) is 50.1 Å². The van der Waals surface area contributed by atoms with Gasteiger partial charge in [-0.05, 0) is 30.2 Å². The average molecular weight is 439 g/mol. The minimum atomic E-state index is -3.62. The van der Waals surface area contributed by atoms with Gasteiger partial charge in [0, 0.05) is 36.9 Å². The SMILES string of the molecule is CCOC(=O)c1cnc(N2CC3C(C2)C3NS(=O)(=O)c2cccc3ccccc23)nc1. The van der Waals surface area contributed by atoms with Gasteiger partial charge in [-0.3, -0.25) is 0 Å². The summed E-state index contributed by atoms with van der Waals surface area (Å²) in [5.74, 6) is 0.535. The molecule has 2 heterocycles. The van der Waals surface area contributed by atoms with E-state index in [4.69, 9.17) is 4.74 Å². The number of piperidine rings is 1. The van der Waals surface area contributed by atoms with E-state index in [9.17, 15) is 13.2 Å². The standard InChI is InChI=1S/C22H22N4O4S/c1-2-30-21(27)15-10-23-22(24-11-15)26-12-17-18(13-26)20(17)25-31(28,29)19-9-5-7-14-6-3-4-8-16(14)19/h3-11,17-18,20,25H,2,12-13H2,1H3. The summed E-state index contributed by atoms with van der Waals surface area (Å²) in [5.41, 5.74) is 0.315. The first-order valence-electron chi connectivity index (χ1n) is 10.2. The maximum Gasteiger partial charge on any atom is 0.341 e. The molecule has 31 heavy (non-hydrogen) atoms. The molecule has 2 fully saturated rings. The highest BCUT2D eigenvalue weighted by Gasteiger charge is 2.57. The lowest BCUT2D eigenvalue weighted by Crippen LogP contribution is -2.35. The molecule has 2 aromatic carbocycles. The number of ether oxygens (including phenoxy) is 1. The van der Waals surface area contributed by atoms with Gasteiger partial charge >= 0.3 is 5.97 Å². The maximum absolute atomic E-state index is 13.0. The van der Waals surface area contributed by atoms with Crippen molar-refractivity contribution >= 4 is 32.7 Å². The van der Waals surface area contributed by atoms with Gasteiger partial charge in [0.1, 0.15) is 0 Å². The molecule has 0 radical (unpaired) electrons. The Morgan fingerprint density at radius 1 is 1.10 bits per heavy atom. The Morgan fingerprint density at radius 3 is 2.48 bits per heavy atom. The minimum absolute atomic E-state index is 0.0842. The van der Waals surface area contributed by atoms with E-state index in [1.807, 2.05) is 35.2 Å². The van der Waals surface area contributed by atoms with Crippen LogP contribution in [0.15, 0.2) is 59.8 Å². The monoisotopic (exact) mass is 438 g/mol. The molecule has 2 unspecified atom stereocenters. The van der Waals surface area contributed by atoms with Crippen molar-refractivity contribution < 1.29 is 17.9 Å².